The minimum atomic E-state index is -1.07. The summed E-state index contributed by atoms with van der Waals surface area (Å²) in [6, 6.07) is 2.27. The number of amides is 4. The van der Waals surface area contributed by atoms with E-state index in [-0.39, 0.29) is 30.0 Å². The maximum atomic E-state index is 13.2. The number of nitrogens with one attached hydrogen (secondary N) is 2. The van der Waals surface area contributed by atoms with Gasteiger partial charge in [0.2, 0.25) is 12.7 Å². The van der Waals surface area contributed by atoms with E-state index in [1.165, 1.54) is 12.5 Å². The zero-order valence-electron chi connectivity index (χ0n) is 18.1. The Balaban J connectivity index is 1.55. The Bertz CT molecular complexity index is 1120. The van der Waals surface area contributed by atoms with Crippen molar-refractivity contribution in [3.05, 3.63) is 34.8 Å². The summed E-state index contributed by atoms with van der Waals surface area (Å²) in [5.74, 6) is -0.716. The van der Waals surface area contributed by atoms with Crippen molar-refractivity contribution in [1.29, 1.82) is 0 Å². The van der Waals surface area contributed by atoms with Crippen molar-refractivity contribution in [2.24, 2.45) is 5.92 Å². The number of nitrogens with zero attached hydrogens (tertiary/aromatic N) is 2. The standard InChI is InChI=1S/C21H22N4O7S/c1-10(2)6-13(17(26)24-20-22-12(8-33-20)19(28)30-3)25-18(27)16(23-21(25)29)11-4-5-14-15(7-11)32-9-31-14/h4-5,7-8,10,13,16H,6,9H2,1-3H3,(H,23,29)(H,22,24,26)/t13-,16?/m0/s1. The third-order valence-electron chi connectivity index (χ3n) is 5.14. The van der Waals surface area contributed by atoms with Crippen molar-refractivity contribution in [1.82, 2.24) is 15.2 Å². The molecule has 2 aromatic rings. The second kappa shape index (κ2) is 9.06. The second-order valence-corrected chi connectivity index (χ2v) is 8.73. The lowest BCUT2D eigenvalue weighted by Crippen LogP contribution is -2.48. The van der Waals surface area contributed by atoms with Gasteiger partial charge < -0.3 is 24.8 Å². The Hall–Kier alpha value is -3.67. The molecule has 12 heteroatoms. The van der Waals surface area contributed by atoms with Gasteiger partial charge in [-0.05, 0) is 30.0 Å². The summed E-state index contributed by atoms with van der Waals surface area (Å²) in [5, 5.41) is 6.86. The lowest BCUT2D eigenvalue weighted by Gasteiger charge is -2.25. The van der Waals surface area contributed by atoms with Crippen molar-refractivity contribution < 1.29 is 33.4 Å². The van der Waals surface area contributed by atoms with E-state index in [4.69, 9.17) is 9.47 Å². The van der Waals surface area contributed by atoms with E-state index in [0.717, 1.165) is 16.2 Å². The number of methoxy groups -OCH3 is 1. The summed E-state index contributed by atoms with van der Waals surface area (Å²) in [6.45, 7) is 3.85. The molecule has 2 atom stereocenters. The number of hydrogen-bond acceptors (Lipinski definition) is 9. The number of ether oxygens (including phenoxy) is 3. The molecule has 11 nitrogen and oxygen atoms in total. The number of fused-ring (bicyclic) bond motifs is 1. The normalized spacial score (nSPS) is 17.8. The predicted octanol–water partition coefficient (Wildman–Crippen LogP) is 2.30. The summed E-state index contributed by atoms with van der Waals surface area (Å²) in [7, 11) is 1.23. The molecule has 0 aliphatic carbocycles. The molecular formula is C21H22N4O7S. The number of carbonyl (C=O) groups is 4. The lowest BCUT2D eigenvalue weighted by molar-refractivity contribution is -0.134. The smallest absolute Gasteiger partial charge is 0.357 e. The van der Waals surface area contributed by atoms with Crippen LogP contribution in [0.3, 0.4) is 0 Å². The van der Waals surface area contributed by atoms with Gasteiger partial charge in [-0.2, -0.15) is 0 Å². The van der Waals surface area contributed by atoms with Crippen LogP contribution in [-0.2, 0) is 14.3 Å². The summed E-state index contributed by atoms with van der Waals surface area (Å²) >= 11 is 1.04. The SMILES string of the molecule is COC(=O)c1csc(NC(=O)[C@H](CC(C)C)N2C(=O)NC(c3ccc4c(c3)OCO4)C2=O)n1. The van der Waals surface area contributed by atoms with Crippen LogP contribution < -0.4 is 20.1 Å². The molecule has 2 aliphatic heterocycles. The van der Waals surface area contributed by atoms with Gasteiger partial charge >= 0.3 is 12.0 Å². The van der Waals surface area contributed by atoms with E-state index < -0.39 is 35.9 Å². The van der Waals surface area contributed by atoms with E-state index in [9.17, 15) is 19.2 Å². The predicted molar refractivity (Wildman–Crippen MR) is 116 cm³/mol. The first-order valence-electron chi connectivity index (χ1n) is 10.2. The van der Waals surface area contributed by atoms with Gasteiger partial charge in [0.05, 0.1) is 7.11 Å². The first kappa shape index (κ1) is 22.5. The maximum Gasteiger partial charge on any atom is 0.357 e. The van der Waals surface area contributed by atoms with Crippen LogP contribution >= 0.6 is 11.3 Å². The van der Waals surface area contributed by atoms with Crippen LogP contribution in [0, 0.1) is 5.92 Å². The monoisotopic (exact) mass is 474 g/mol. The number of esters is 1. The van der Waals surface area contributed by atoms with Crippen LogP contribution in [0.15, 0.2) is 23.6 Å². The Morgan fingerprint density at radius 2 is 2.06 bits per heavy atom. The molecule has 2 N–H and O–H groups in total. The molecule has 4 rings (SSSR count). The zero-order valence-corrected chi connectivity index (χ0v) is 18.9. The summed E-state index contributed by atoms with van der Waals surface area (Å²) in [4.78, 5) is 55.7. The Labute approximate surface area is 193 Å². The quantitative estimate of drug-likeness (QED) is 0.461. The maximum absolute atomic E-state index is 13.2. The minimum Gasteiger partial charge on any atom is -0.464 e. The number of imide groups is 1. The summed E-state index contributed by atoms with van der Waals surface area (Å²) in [6.07, 6.45) is 0.244. The fourth-order valence-corrected chi connectivity index (χ4v) is 4.28. The van der Waals surface area contributed by atoms with E-state index in [1.807, 2.05) is 13.8 Å². The molecule has 1 aromatic carbocycles. The van der Waals surface area contributed by atoms with Crippen LogP contribution in [0.1, 0.15) is 42.4 Å². The fraction of sp³-hybridized carbons (Fsp3) is 0.381. The van der Waals surface area contributed by atoms with Crippen LogP contribution in [0.2, 0.25) is 0 Å². The molecule has 1 fully saturated rings. The van der Waals surface area contributed by atoms with Crippen molar-refractivity contribution in [3.63, 3.8) is 0 Å². The number of anilines is 1. The minimum absolute atomic E-state index is 0.00729. The zero-order chi connectivity index (χ0) is 23.7. The number of aromatic nitrogens is 1. The lowest BCUT2D eigenvalue weighted by atomic mass is 10.0. The average Bonchev–Trinajstić information content (AvgIpc) is 3.50. The molecule has 0 bridgehead atoms. The van der Waals surface area contributed by atoms with Gasteiger partial charge in [-0.1, -0.05) is 19.9 Å². The van der Waals surface area contributed by atoms with Gasteiger partial charge in [0.1, 0.15) is 12.1 Å². The molecule has 1 aromatic heterocycles. The highest BCUT2D eigenvalue weighted by molar-refractivity contribution is 7.14. The van der Waals surface area contributed by atoms with Crippen LogP contribution in [0.5, 0.6) is 11.5 Å². The number of thiazole rings is 1. The number of urea groups is 1. The summed E-state index contributed by atoms with van der Waals surface area (Å²) < 4.78 is 15.3. The fourth-order valence-electron chi connectivity index (χ4n) is 3.60. The van der Waals surface area contributed by atoms with E-state index in [1.54, 1.807) is 18.2 Å². The van der Waals surface area contributed by atoms with Gasteiger partial charge in [-0.15, -0.1) is 11.3 Å². The Kier molecular flexibility index (Phi) is 6.18. The number of rotatable bonds is 7. The van der Waals surface area contributed by atoms with E-state index in [2.05, 4.69) is 20.4 Å². The highest BCUT2D eigenvalue weighted by Crippen LogP contribution is 2.36. The first-order valence-corrected chi connectivity index (χ1v) is 11.0. The molecule has 33 heavy (non-hydrogen) atoms. The molecule has 1 saturated heterocycles. The molecule has 174 valence electrons. The first-order chi connectivity index (χ1) is 15.8. The van der Waals surface area contributed by atoms with Crippen molar-refractivity contribution >= 4 is 40.3 Å². The van der Waals surface area contributed by atoms with Crippen LogP contribution in [0.4, 0.5) is 9.93 Å². The molecule has 0 saturated carbocycles. The molecule has 0 spiro atoms. The van der Waals surface area contributed by atoms with Crippen LogP contribution in [0.25, 0.3) is 0 Å². The molecule has 0 radical (unpaired) electrons. The van der Waals surface area contributed by atoms with Crippen molar-refractivity contribution in [3.8, 4) is 11.5 Å². The van der Waals surface area contributed by atoms with Gasteiger partial charge in [0.25, 0.3) is 5.91 Å². The third kappa shape index (κ3) is 4.46. The van der Waals surface area contributed by atoms with Crippen molar-refractivity contribution in [2.75, 3.05) is 19.2 Å². The van der Waals surface area contributed by atoms with E-state index >= 15 is 0 Å². The van der Waals surface area contributed by atoms with E-state index in [0.29, 0.717) is 17.1 Å². The third-order valence-corrected chi connectivity index (χ3v) is 5.90. The molecule has 4 amide bonds. The van der Waals surface area contributed by atoms with Crippen molar-refractivity contribution in [2.45, 2.75) is 32.4 Å². The molecule has 1 unspecified atom stereocenters. The van der Waals surface area contributed by atoms with Gasteiger partial charge in [-0.3, -0.25) is 9.59 Å². The molecular weight excluding hydrogens is 452 g/mol. The number of benzene rings is 1. The Morgan fingerprint density at radius 1 is 1.30 bits per heavy atom. The highest BCUT2D eigenvalue weighted by atomic mass is 32.1. The number of carbonyl (C=O) groups excluding carboxylic acids is 4. The summed E-state index contributed by atoms with van der Waals surface area (Å²) in [5.41, 5.74) is 0.572. The van der Waals surface area contributed by atoms with Gasteiger partial charge in [-0.25, -0.2) is 19.5 Å². The van der Waals surface area contributed by atoms with Gasteiger partial charge in [0.15, 0.2) is 22.3 Å². The molecule has 2 aliphatic rings. The highest BCUT2D eigenvalue weighted by Gasteiger charge is 2.45. The topological polar surface area (TPSA) is 136 Å². The second-order valence-electron chi connectivity index (χ2n) is 7.87. The van der Waals surface area contributed by atoms with Gasteiger partial charge in [0, 0.05) is 5.38 Å². The molecule has 3 heterocycles. The van der Waals surface area contributed by atoms with Crippen LogP contribution in [-0.4, -0.2) is 53.6 Å². The largest absolute Gasteiger partial charge is 0.464 e. The Morgan fingerprint density at radius 3 is 2.79 bits per heavy atom. The average molecular weight is 474 g/mol. The number of hydrogen-bond donors (Lipinski definition) is 2.